The van der Waals surface area contributed by atoms with E-state index >= 15 is 0 Å². The fourth-order valence-electron chi connectivity index (χ4n) is 1.16. The van der Waals surface area contributed by atoms with Crippen molar-refractivity contribution in [2.24, 2.45) is 0 Å². The number of hydrogen-bond acceptors (Lipinski definition) is 0. The second-order valence-corrected chi connectivity index (χ2v) is 5.57. The fraction of sp³-hybridized carbons (Fsp3) is 0.0909. The maximum Gasteiger partial charge on any atom is 0.116 e. The van der Waals surface area contributed by atoms with E-state index in [2.05, 4.69) is 44.3 Å². The summed E-state index contributed by atoms with van der Waals surface area (Å²) in [6.45, 7) is 9.74. The molecule has 0 aromatic heterocycles. The molecule has 0 aliphatic carbocycles. The second kappa shape index (κ2) is 4.07. The molecule has 0 fully saturated rings. The summed E-state index contributed by atoms with van der Waals surface area (Å²) in [6.07, 6.45) is 0. The van der Waals surface area contributed by atoms with Gasteiger partial charge >= 0.3 is 0 Å². The average molecular weight is 174 g/mol. The Hall–Kier alpha value is -1.08. The summed E-state index contributed by atoms with van der Waals surface area (Å²) < 4.78 is 0. The highest BCUT2D eigenvalue weighted by atomic mass is 28.3. The smallest absolute Gasteiger partial charge is 0.107 e. The lowest BCUT2D eigenvalue weighted by Crippen LogP contribution is -2.25. The van der Waals surface area contributed by atoms with Crippen LogP contribution in [0.25, 0.3) is 0 Å². The van der Waals surface area contributed by atoms with Crippen LogP contribution in [-0.2, 0) is 0 Å². The summed E-state index contributed by atoms with van der Waals surface area (Å²) in [5, 5.41) is 1.39. The predicted molar refractivity (Wildman–Crippen MR) is 58.4 cm³/mol. The van der Waals surface area contributed by atoms with Gasteiger partial charge in [-0.05, 0) is 6.92 Å². The van der Waals surface area contributed by atoms with Crippen molar-refractivity contribution in [2.45, 2.75) is 6.92 Å². The first-order valence-electron chi connectivity index (χ1n) is 4.09. The van der Waals surface area contributed by atoms with E-state index in [0.29, 0.717) is 0 Å². The molecule has 0 N–H and O–H groups in total. The first kappa shape index (κ1) is 9.01. The molecule has 0 aliphatic heterocycles. The molecule has 0 heterocycles. The molecule has 1 aromatic rings. The van der Waals surface area contributed by atoms with Crippen molar-refractivity contribution in [3.05, 3.63) is 54.4 Å². The Labute approximate surface area is 75.9 Å². The highest BCUT2D eigenvalue weighted by Crippen LogP contribution is 1.95. The minimum Gasteiger partial charge on any atom is -0.107 e. The van der Waals surface area contributed by atoms with Crippen LogP contribution in [0.15, 0.2) is 48.8 Å². The van der Waals surface area contributed by atoms with Crippen LogP contribution >= 0.6 is 0 Å². The van der Waals surface area contributed by atoms with Gasteiger partial charge in [0, 0.05) is 0 Å². The van der Waals surface area contributed by atoms with Crippen molar-refractivity contribution < 1.29 is 0 Å². The molecule has 0 amide bonds. The maximum absolute atomic E-state index is 3.82. The van der Waals surface area contributed by atoms with Gasteiger partial charge in [-0.2, -0.15) is 0 Å². The summed E-state index contributed by atoms with van der Waals surface area (Å²) in [7, 11) is -1.04. The largest absolute Gasteiger partial charge is 0.116 e. The zero-order chi connectivity index (χ0) is 8.97. The van der Waals surface area contributed by atoms with Crippen molar-refractivity contribution in [2.75, 3.05) is 0 Å². The van der Waals surface area contributed by atoms with Gasteiger partial charge in [-0.15, -0.1) is 13.2 Å². The van der Waals surface area contributed by atoms with Crippen LogP contribution < -0.4 is 5.19 Å². The van der Waals surface area contributed by atoms with E-state index in [0.717, 1.165) is 0 Å². The van der Waals surface area contributed by atoms with Crippen molar-refractivity contribution in [3.8, 4) is 0 Å². The molecule has 1 rings (SSSR count). The summed E-state index contributed by atoms with van der Waals surface area (Å²) in [5.41, 5.74) is 5.38. The van der Waals surface area contributed by atoms with Gasteiger partial charge in [0.25, 0.3) is 0 Å². The van der Waals surface area contributed by atoms with E-state index in [9.17, 15) is 0 Å². The normalized spacial score (nSPS) is 9.83. The second-order valence-electron chi connectivity index (χ2n) is 2.91. The Morgan fingerprint density at radius 1 is 1.08 bits per heavy atom. The van der Waals surface area contributed by atoms with Crippen molar-refractivity contribution in [1.29, 1.82) is 0 Å². The van der Waals surface area contributed by atoms with Crippen LogP contribution in [0.4, 0.5) is 0 Å². The highest BCUT2D eigenvalue weighted by Gasteiger charge is 2.02. The highest BCUT2D eigenvalue weighted by molar-refractivity contribution is 6.81. The molecular weight excluding hydrogens is 160 g/mol. The van der Waals surface area contributed by atoms with Crippen LogP contribution in [0.3, 0.4) is 0 Å². The van der Waals surface area contributed by atoms with Crippen molar-refractivity contribution >= 4 is 14.0 Å². The molecular formula is C11H14Si. The fourth-order valence-corrected chi connectivity index (χ4v) is 2.53. The van der Waals surface area contributed by atoms with E-state index in [1.165, 1.54) is 10.8 Å². The zero-order valence-electron chi connectivity index (χ0n) is 7.46. The Bertz CT molecular complexity index is 264. The van der Waals surface area contributed by atoms with Gasteiger partial charge in [-0.1, -0.05) is 46.4 Å². The monoisotopic (exact) mass is 174 g/mol. The summed E-state index contributed by atoms with van der Waals surface area (Å²) in [6, 6.07) is 8.63. The first-order valence-corrected chi connectivity index (χ1v) is 6.00. The Morgan fingerprint density at radius 2 is 1.58 bits per heavy atom. The van der Waals surface area contributed by atoms with Crippen LogP contribution in [0, 0.1) is 6.92 Å². The topological polar surface area (TPSA) is 0 Å². The Kier molecular flexibility index (Phi) is 3.06. The maximum atomic E-state index is 3.82. The first-order chi connectivity index (χ1) is 5.77. The molecule has 1 aromatic carbocycles. The average Bonchev–Trinajstić information content (AvgIpc) is 2.10. The molecule has 0 atom stereocenters. The van der Waals surface area contributed by atoms with Gasteiger partial charge in [0.1, 0.15) is 8.80 Å². The number of rotatable bonds is 3. The van der Waals surface area contributed by atoms with Crippen LogP contribution in [0.1, 0.15) is 5.56 Å². The minimum atomic E-state index is -1.04. The van der Waals surface area contributed by atoms with E-state index in [1.807, 2.05) is 11.4 Å². The standard InChI is InChI=1S/C11H14Si/c1-4-12(5-2)11-8-6-10(3)7-9-11/h4-9,12H,1-2H2,3H3. The van der Waals surface area contributed by atoms with Gasteiger partial charge in [0.05, 0.1) is 0 Å². The summed E-state index contributed by atoms with van der Waals surface area (Å²) in [4.78, 5) is 0. The number of aryl methyl sites for hydroxylation is 1. The molecule has 12 heavy (non-hydrogen) atoms. The van der Waals surface area contributed by atoms with Gasteiger partial charge in [-0.25, -0.2) is 0 Å². The molecule has 0 aliphatic rings. The van der Waals surface area contributed by atoms with Crippen LogP contribution in [0.5, 0.6) is 0 Å². The molecule has 0 saturated carbocycles. The number of benzene rings is 1. The predicted octanol–water partition coefficient (Wildman–Crippen LogP) is 1.88. The summed E-state index contributed by atoms with van der Waals surface area (Å²) >= 11 is 0. The lowest BCUT2D eigenvalue weighted by molar-refractivity contribution is 1.49. The third-order valence-corrected chi connectivity index (χ3v) is 4.14. The van der Waals surface area contributed by atoms with Gasteiger partial charge in [-0.3, -0.25) is 0 Å². The SMILES string of the molecule is C=C[SiH](C=C)c1ccc(C)cc1. The molecule has 0 saturated heterocycles. The van der Waals surface area contributed by atoms with E-state index < -0.39 is 8.80 Å². The van der Waals surface area contributed by atoms with Crippen molar-refractivity contribution in [1.82, 2.24) is 0 Å². The molecule has 0 radical (unpaired) electrons. The molecule has 0 nitrogen and oxygen atoms in total. The quantitative estimate of drug-likeness (QED) is 0.614. The molecule has 1 heteroatoms. The van der Waals surface area contributed by atoms with Crippen molar-refractivity contribution in [3.63, 3.8) is 0 Å². The third kappa shape index (κ3) is 1.95. The third-order valence-electron chi connectivity index (χ3n) is 1.97. The van der Waals surface area contributed by atoms with Gasteiger partial charge < -0.3 is 0 Å². The molecule has 62 valence electrons. The minimum absolute atomic E-state index is 1.04. The Morgan fingerprint density at radius 3 is 2.00 bits per heavy atom. The van der Waals surface area contributed by atoms with E-state index in [4.69, 9.17) is 0 Å². The Balaban J connectivity index is 2.94. The lowest BCUT2D eigenvalue weighted by Gasteiger charge is -2.04. The molecule has 0 spiro atoms. The molecule has 0 unspecified atom stereocenters. The van der Waals surface area contributed by atoms with E-state index in [1.54, 1.807) is 0 Å². The van der Waals surface area contributed by atoms with Crippen LogP contribution in [-0.4, -0.2) is 8.80 Å². The van der Waals surface area contributed by atoms with Gasteiger partial charge in [0.2, 0.25) is 0 Å². The summed E-state index contributed by atoms with van der Waals surface area (Å²) in [5.74, 6) is 0. The zero-order valence-corrected chi connectivity index (χ0v) is 8.61. The van der Waals surface area contributed by atoms with Gasteiger partial charge in [0.15, 0.2) is 0 Å². The molecule has 0 bridgehead atoms. The van der Waals surface area contributed by atoms with E-state index in [-0.39, 0.29) is 0 Å². The lowest BCUT2D eigenvalue weighted by atomic mass is 10.2. The van der Waals surface area contributed by atoms with Crippen LogP contribution in [0.2, 0.25) is 0 Å². The number of hydrogen-bond donors (Lipinski definition) is 0.